The normalized spacial score (nSPS) is 11.2. The van der Waals surface area contributed by atoms with Gasteiger partial charge < -0.3 is 15.4 Å². The van der Waals surface area contributed by atoms with Gasteiger partial charge in [0.2, 0.25) is 0 Å². The average Bonchev–Trinajstić information content (AvgIpc) is 2.34. The lowest BCUT2D eigenvalue weighted by molar-refractivity contribution is 0.0600. The molecule has 1 rings (SSSR count). The summed E-state index contributed by atoms with van der Waals surface area (Å²) in [5.41, 5.74) is 2.62. The van der Waals surface area contributed by atoms with E-state index in [1.165, 1.54) is 7.11 Å². The molecule has 4 nitrogen and oxygen atoms in total. The maximum absolute atomic E-state index is 11.6. The van der Waals surface area contributed by atoms with Crippen LogP contribution in [-0.2, 0) is 4.74 Å². The lowest BCUT2D eigenvalue weighted by Crippen LogP contribution is -2.38. The summed E-state index contributed by atoms with van der Waals surface area (Å²) in [5.74, 6) is -0.297. The molecule has 0 saturated carbocycles. The van der Waals surface area contributed by atoms with E-state index in [-0.39, 0.29) is 11.5 Å². The van der Waals surface area contributed by atoms with Gasteiger partial charge in [0.25, 0.3) is 0 Å². The first kappa shape index (κ1) is 15.5. The van der Waals surface area contributed by atoms with Gasteiger partial charge in [0.1, 0.15) is 0 Å². The number of hydrogen-bond donors (Lipinski definition) is 2. The van der Waals surface area contributed by atoms with Gasteiger partial charge >= 0.3 is 5.97 Å². The predicted octanol–water partition coefficient (Wildman–Crippen LogP) is 2.58. The molecule has 0 aromatic heterocycles. The van der Waals surface area contributed by atoms with Gasteiger partial charge in [-0.15, -0.1) is 0 Å². The van der Waals surface area contributed by atoms with Crippen LogP contribution in [0.2, 0.25) is 0 Å². The first-order valence-electron chi connectivity index (χ1n) is 6.52. The number of carbonyl (C=O) groups is 1. The summed E-state index contributed by atoms with van der Waals surface area (Å²) in [6.07, 6.45) is 0. The molecular formula is C15H24N2O2. The Hall–Kier alpha value is -1.55. The van der Waals surface area contributed by atoms with Crippen molar-refractivity contribution >= 4 is 11.7 Å². The standard InChI is InChI=1S/C15H24N2O2/c1-11-12(14(18)19-5)7-6-8-13(11)16-9-10-17-15(2,3)4/h6-8,16-17H,9-10H2,1-5H3. The van der Waals surface area contributed by atoms with Gasteiger partial charge in [-0.25, -0.2) is 4.79 Å². The second kappa shape index (κ2) is 6.57. The van der Waals surface area contributed by atoms with Crippen molar-refractivity contribution < 1.29 is 9.53 Å². The van der Waals surface area contributed by atoms with Gasteiger partial charge in [0.15, 0.2) is 0 Å². The van der Waals surface area contributed by atoms with Crippen LogP contribution in [0.25, 0.3) is 0 Å². The summed E-state index contributed by atoms with van der Waals surface area (Å²) < 4.78 is 4.76. The highest BCUT2D eigenvalue weighted by Crippen LogP contribution is 2.19. The van der Waals surface area contributed by atoms with E-state index in [1.54, 1.807) is 6.07 Å². The van der Waals surface area contributed by atoms with E-state index < -0.39 is 0 Å². The molecule has 0 aliphatic carbocycles. The van der Waals surface area contributed by atoms with Crippen molar-refractivity contribution in [1.29, 1.82) is 0 Å². The van der Waals surface area contributed by atoms with E-state index in [9.17, 15) is 4.79 Å². The third-order valence-electron chi connectivity index (χ3n) is 2.83. The summed E-state index contributed by atoms with van der Waals surface area (Å²) in [4.78, 5) is 11.6. The van der Waals surface area contributed by atoms with E-state index in [1.807, 2.05) is 19.1 Å². The van der Waals surface area contributed by atoms with Crippen molar-refractivity contribution in [3.8, 4) is 0 Å². The third kappa shape index (κ3) is 4.91. The molecule has 0 amide bonds. The fourth-order valence-corrected chi connectivity index (χ4v) is 1.79. The number of rotatable bonds is 5. The highest BCUT2D eigenvalue weighted by atomic mass is 16.5. The van der Waals surface area contributed by atoms with E-state index >= 15 is 0 Å². The third-order valence-corrected chi connectivity index (χ3v) is 2.83. The number of hydrogen-bond acceptors (Lipinski definition) is 4. The Kier molecular flexibility index (Phi) is 5.36. The first-order valence-corrected chi connectivity index (χ1v) is 6.52. The molecule has 0 unspecified atom stereocenters. The molecule has 0 heterocycles. The number of ether oxygens (including phenoxy) is 1. The second-order valence-corrected chi connectivity index (χ2v) is 5.57. The Morgan fingerprint density at radius 1 is 1.26 bits per heavy atom. The maximum atomic E-state index is 11.6. The van der Waals surface area contributed by atoms with Crippen LogP contribution in [0.3, 0.4) is 0 Å². The van der Waals surface area contributed by atoms with Crippen LogP contribution in [-0.4, -0.2) is 31.7 Å². The molecule has 0 saturated heterocycles. The summed E-state index contributed by atoms with van der Waals surface area (Å²) in [6.45, 7) is 10.0. The van der Waals surface area contributed by atoms with E-state index in [4.69, 9.17) is 4.74 Å². The topological polar surface area (TPSA) is 50.4 Å². The van der Waals surface area contributed by atoms with Crippen LogP contribution in [0.4, 0.5) is 5.69 Å². The molecule has 106 valence electrons. The van der Waals surface area contributed by atoms with E-state index in [0.717, 1.165) is 24.3 Å². The molecule has 2 N–H and O–H groups in total. The monoisotopic (exact) mass is 264 g/mol. The van der Waals surface area contributed by atoms with Gasteiger partial charge in [-0.3, -0.25) is 0 Å². The minimum absolute atomic E-state index is 0.116. The number of anilines is 1. The van der Waals surface area contributed by atoms with Crippen LogP contribution in [0.15, 0.2) is 18.2 Å². The largest absolute Gasteiger partial charge is 0.465 e. The smallest absolute Gasteiger partial charge is 0.338 e. The molecule has 0 aliphatic rings. The minimum Gasteiger partial charge on any atom is -0.465 e. The summed E-state index contributed by atoms with van der Waals surface area (Å²) in [5, 5.41) is 6.74. The van der Waals surface area contributed by atoms with Crippen LogP contribution >= 0.6 is 0 Å². The molecule has 0 radical (unpaired) electrons. The highest BCUT2D eigenvalue weighted by molar-refractivity contribution is 5.92. The van der Waals surface area contributed by atoms with E-state index in [2.05, 4.69) is 31.4 Å². The number of carbonyl (C=O) groups excluding carboxylic acids is 1. The molecule has 19 heavy (non-hydrogen) atoms. The Morgan fingerprint density at radius 2 is 1.95 bits per heavy atom. The number of benzene rings is 1. The van der Waals surface area contributed by atoms with Gasteiger partial charge in [0, 0.05) is 24.3 Å². The van der Waals surface area contributed by atoms with Crippen molar-refractivity contribution in [2.45, 2.75) is 33.2 Å². The molecule has 1 aromatic rings. The van der Waals surface area contributed by atoms with Crippen LogP contribution in [0.1, 0.15) is 36.7 Å². The first-order chi connectivity index (χ1) is 8.85. The van der Waals surface area contributed by atoms with Crippen molar-refractivity contribution in [3.63, 3.8) is 0 Å². The van der Waals surface area contributed by atoms with Gasteiger partial charge in [-0.1, -0.05) is 6.07 Å². The quantitative estimate of drug-likeness (QED) is 0.634. The maximum Gasteiger partial charge on any atom is 0.338 e. The zero-order valence-corrected chi connectivity index (χ0v) is 12.5. The van der Waals surface area contributed by atoms with Crippen LogP contribution in [0, 0.1) is 6.92 Å². The lowest BCUT2D eigenvalue weighted by atomic mass is 10.1. The van der Waals surface area contributed by atoms with Gasteiger partial charge in [0.05, 0.1) is 12.7 Å². The molecule has 0 bridgehead atoms. The van der Waals surface area contributed by atoms with Crippen molar-refractivity contribution in [2.75, 3.05) is 25.5 Å². The lowest BCUT2D eigenvalue weighted by Gasteiger charge is -2.21. The van der Waals surface area contributed by atoms with Crippen LogP contribution in [0.5, 0.6) is 0 Å². The zero-order valence-electron chi connectivity index (χ0n) is 12.5. The summed E-state index contributed by atoms with van der Waals surface area (Å²) >= 11 is 0. The van der Waals surface area contributed by atoms with E-state index in [0.29, 0.717) is 5.56 Å². The molecule has 0 spiro atoms. The minimum atomic E-state index is -0.297. The fourth-order valence-electron chi connectivity index (χ4n) is 1.79. The predicted molar refractivity (Wildman–Crippen MR) is 78.8 cm³/mol. The van der Waals surface area contributed by atoms with Gasteiger partial charge in [-0.05, 0) is 45.4 Å². The Balaban J connectivity index is 2.62. The molecule has 0 fully saturated rings. The Labute approximate surface area is 115 Å². The van der Waals surface area contributed by atoms with Crippen molar-refractivity contribution in [3.05, 3.63) is 29.3 Å². The second-order valence-electron chi connectivity index (χ2n) is 5.57. The fraction of sp³-hybridized carbons (Fsp3) is 0.533. The van der Waals surface area contributed by atoms with Crippen LogP contribution < -0.4 is 10.6 Å². The number of esters is 1. The zero-order chi connectivity index (χ0) is 14.5. The summed E-state index contributed by atoms with van der Waals surface area (Å²) in [6, 6.07) is 5.61. The molecule has 0 atom stereocenters. The number of methoxy groups -OCH3 is 1. The van der Waals surface area contributed by atoms with Crippen molar-refractivity contribution in [1.82, 2.24) is 5.32 Å². The average molecular weight is 264 g/mol. The number of nitrogens with one attached hydrogen (secondary N) is 2. The molecule has 4 heteroatoms. The summed E-state index contributed by atoms with van der Waals surface area (Å²) in [7, 11) is 1.40. The Morgan fingerprint density at radius 3 is 2.53 bits per heavy atom. The molecule has 1 aromatic carbocycles. The van der Waals surface area contributed by atoms with Gasteiger partial charge in [-0.2, -0.15) is 0 Å². The molecular weight excluding hydrogens is 240 g/mol. The van der Waals surface area contributed by atoms with Crippen molar-refractivity contribution in [2.24, 2.45) is 0 Å². The SMILES string of the molecule is COC(=O)c1cccc(NCCNC(C)(C)C)c1C. The molecule has 0 aliphatic heterocycles. The Bertz CT molecular complexity index is 436. The highest BCUT2D eigenvalue weighted by Gasteiger charge is 2.12.